The molecule has 0 fully saturated rings. The molecule has 2 aromatic carbocycles. The summed E-state index contributed by atoms with van der Waals surface area (Å²) in [4.78, 5) is 0. The van der Waals surface area contributed by atoms with E-state index in [4.69, 9.17) is 11.6 Å². The van der Waals surface area contributed by atoms with Gasteiger partial charge >= 0.3 is 0 Å². The van der Waals surface area contributed by atoms with Crippen molar-refractivity contribution in [3.8, 4) is 11.8 Å². The molecule has 0 atom stereocenters. The molecule has 0 N–H and O–H groups in total. The predicted octanol–water partition coefficient (Wildman–Crippen LogP) is 6.09. The van der Waals surface area contributed by atoms with Crippen molar-refractivity contribution in [1.29, 1.82) is 0 Å². The fraction of sp³-hybridized carbons (Fsp3) is 0.238. The lowest BCUT2D eigenvalue weighted by Gasteiger charge is -2.18. The van der Waals surface area contributed by atoms with Gasteiger partial charge in [0.15, 0.2) is 0 Å². The SMILES string of the molecule is CC=C(C#Cc1ccc(C(C)(C)C)cc1)c1ccccc1Cl. The zero-order valence-electron chi connectivity index (χ0n) is 13.6. The molecular weight excluding hydrogens is 288 g/mol. The third-order valence-electron chi connectivity index (χ3n) is 3.55. The van der Waals surface area contributed by atoms with E-state index in [9.17, 15) is 0 Å². The van der Waals surface area contributed by atoms with Gasteiger partial charge in [-0.05, 0) is 36.1 Å². The van der Waals surface area contributed by atoms with Crippen molar-refractivity contribution in [3.05, 3.63) is 76.3 Å². The molecule has 0 aliphatic carbocycles. The monoisotopic (exact) mass is 308 g/mol. The highest BCUT2D eigenvalue weighted by molar-refractivity contribution is 6.32. The smallest absolute Gasteiger partial charge is 0.0490 e. The van der Waals surface area contributed by atoms with Crippen LogP contribution in [0.3, 0.4) is 0 Å². The summed E-state index contributed by atoms with van der Waals surface area (Å²) < 4.78 is 0. The second-order valence-corrected chi connectivity index (χ2v) is 6.67. The van der Waals surface area contributed by atoms with E-state index in [1.165, 1.54) is 5.56 Å². The predicted molar refractivity (Wildman–Crippen MR) is 97.1 cm³/mol. The first-order chi connectivity index (χ1) is 10.4. The van der Waals surface area contributed by atoms with Crippen molar-refractivity contribution in [2.45, 2.75) is 33.1 Å². The minimum Gasteiger partial charge on any atom is -0.0836 e. The number of hydrogen-bond acceptors (Lipinski definition) is 0. The van der Waals surface area contributed by atoms with Crippen molar-refractivity contribution in [1.82, 2.24) is 0 Å². The molecule has 2 aromatic rings. The van der Waals surface area contributed by atoms with Crippen LogP contribution in [0.1, 0.15) is 44.4 Å². The van der Waals surface area contributed by atoms with Crippen LogP contribution in [0.25, 0.3) is 5.57 Å². The summed E-state index contributed by atoms with van der Waals surface area (Å²) in [5.41, 5.74) is 4.42. The number of halogens is 1. The van der Waals surface area contributed by atoms with Gasteiger partial charge in [0.25, 0.3) is 0 Å². The third-order valence-corrected chi connectivity index (χ3v) is 3.87. The van der Waals surface area contributed by atoms with Crippen LogP contribution in [0.4, 0.5) is 0 Å². The van der Waals surface area contributed by atoms with Gasteiger partial charge in [-0.3, -0.25) is 0 Å². The maximum atomic E-state index is 6.24. The number of allylic oxidation sites excluding steroid dienone is 2. The van der Waals surface area contributed by atoms with Crippen LogP contribution < -0.4 is 0 Å². The first-order valence-corrected chi connectivity index (χ1v) is 7.83. The minimum absolute atomic E-state index is 0.165. The van der Waals surface area contributed by atoms with Crippen LogP contribution in [0.2, 0.25) is 5.02 Å². The Morgan fingerprint density at radius 1 is 1.00 bits per heavy atom. The van der Waals surface area contributed by atoms with Crippen LogP contribution >= 0.6 is 11.6 Å². The van der Waals surface area contributed by atoms with E-state index in [1.54, 1.807) is 0 Å². The summed E-state index contributed by atoms with van der Waals surface area (Å²) in [6.45, 7) is 8.62. The van der Waals surface area contributed by atoms with E-state index < -0.39 is 0 Å². The van der Waals surface area contributed by atoms with Crippen LogP contribution in [-0.4, -0.2) is 0 Å². The molecule has 0 unspecified atom stereocenters. The highest BCUT2D eigenvalue weighted by Crippen LogP contribution is 2.24. The van der Waals surface area contributed by atoms with Gasteiger partial charge in [-0.2, -0.15) is 0 Å². The van der Waals surface area contributed by atoms with E-state index in [-0.39, 0.29) is 5.41 Å². The van der Waals surface area contributed by atoms with Crippen molar-refractivity contribution in [2.24, 2.45) is 0 Å². The van der Waals surface area contributed by atoms with Gasteiger partial charge in [0.1, 0.15) is 0 Å². The minimum atomic E-state index is 0.165. The molecule has 0 heterocycles. The zero-order chi connectivity index (χ0) is 16.2. The molecule has 112 valence electrons. The summed E-state index contributed by atoms with van der Waals surface area (Å²) in [5, 5.41) is 0.730. The fourth-order valence-corrected chi connectivity index (χ4v) is 2.41. The van der Waals surface area contributed by atoms with E-state index in [1.807, 2.05) is 37.3 Å². The van der Waals surface area contributed by atoms with E-state index in [0.29, 0.717) is 0 Å². The van der Waals surface area contributed by atoms with Gasteiger partial charge in [0.05, 0.1) is 0 Å². The van der Waals surface area contributed by atoms with Gasteiger partial charge < -0.3 is 0 Å². The van der Waals surface area contributed by atoms with Crippen molar-refractivity contribution in [3.63, 3.8) is 0 Å². The summed E-state index contributed by atoms with van der Waals surface area (Å²) >= 11 is 6.24. The molecule has 0 aliphatic rings. The van der Waals surface area contributed by atoms with Crippen molar-refractivity contribution in [2.75, 3.05) is 0 Å². The van der Waals surface area contributed by atoms with Crippen molar-refractivity contribution < 1.29 is 0 Å². The Hall–Kier alpha value is -1.97. The fourth-order valence-electron chi connectivity index (χ4n) is 2.17. The maximum Gasteiger partial charge on any atom is 0.0490 e. The first kappa shape index (κ1) is 16.4. The topological polar surface area (TPSA) is 0 Å². The van der Waals surface area contributed by atoms with Gasteiger partial charge in [-0.15, -0.1) is 0 Å². The summed E-state index contributed by atoms with van der Waals surface area (Å²) in [6.07, 6.45) is 2.00. The molecule has 0 bridgehead atoms. The Balaban J connectivity index is 2.27. The molecule has 22 heavy (non-hydrogen) atoms. The van der Waals surface area contributed by atoms with E-state index >= 15 is 0 Å². The molecule has 0 amide bonds. The molecule has 0 spiro atoms. The number of hydrogen-bond donors (Lipinski definition) is 0. The normalized spacial score (nSPS) is 11.8. The van der Waals surface area contributed by atoms with E-state index in [0.717, 1.165) is 21.7 Å². The second-order valence-electron chi connectivity index (χ2n) is 6.26. The van der Waals surface area contributed by atoms with Crippen LogP contribution in [0.5, 0.6) is 0 Å². The zero-order valence-corrected chi connectivity index (χ0v) is 14.3. The van der Waals surface area contributed by atoms with Crippen molar-refractivity contribution >= 4 is 17.2 Å². The number of rotatable bonds is 1. The first-order valence-electron chi connectivity index (χ1n) is 7.45. The molecule has 0 aliphatic heterocycles. The maximum absolute atomic E-state index is 6.24. The molecule has 0 aromatic heterocycles. The quantitative estimate of drug-likeness (QED) is 0.559. The van der Waals surface area contributed by atoms with Crippen LogP contribution in [-0.2, 0) is 5.41 Å². The van der Waals surface area contributed by atoms with Gasteiger partial charge in [-0.25, -0.2) is 0 Å². The lowest BCUT2D eigenvalue weighted by atomic mass is 9.87. The lowest BCUT2D eigenvalue weighted by Crippen LogP contribution is -2.10. The molecule has 0 radical (unpaired) electrons. The molecule has 0 saturated heterocycles. The van der Waals surface area contributed by atoms with Gasteiger partial charge in [0, 0.05) is 21.7 Å². The van der Waals surface area contributed by atoms with Gasteiger partial charge in [-0.1, -0.05) is 80.6 Å². The summed E-state index contributed by atoms with van der Waals surface area (Å²) in [7, 11) is 0. The lowest BCUT2D eigenvalue weighted by molar-refractivity contribution is 0.590. The van der Waals surface area contributed by atoms with Crippen LogP contribution in [0, 0.1) is 11.8 Å². The Kier molecular flexibility index (Phi) is 5.11. The number of benzene rings is 2. The highest BCUT2D eigenvalue weighted by Gasteiger charge is 2.12. The Bertz CT molecular complexity index is 732. The Morgan fingerprint density at radius 3 is 2.18 bits per heavy atom. The molecule has 1 heteroatoms. The Morgan fingerprint density at radius 2 is 1.64 bits per heavy atom. The molecule has 0 nitrogen and oxygen atoms in total. The summed E-state index contributed by atoms with van der Waals surface area (Å²) in [6, 6.07) is 16.2. The third kappa shape index (κ3) is 4.03. The van der Waals surface area contributed by atoms with Gasteiger partial charge in [0.2, 0.25) is 0 Å². The Labute approximate surface area is 138 Å². The average molecular weight is 309 g/mol. The van der Waals surface area contributed by atoms with Crippen LogP contribution in [0.15, 0.2) is 54.6 Å². The standard InChI is InChI=1S/C21H21Cl/c1-5-17(19-8-6-7-9-20(19)22)13-10-16-11-14-18(15-12-16)21(2,3)4/h5-9,11-12,14-15H,1-4H3. The summed E-state index contributed by atoms with van der Waals surface area (Å²) in [5.74, 6) is 6.45. The van der Waals surface area contributed by atoms with E-state index in [2.05, 4.69) is 56.9 Å². The average Bonchev–Trinajstić information content (AvgIpc) is 2.49. The molecule has 0 saturated carbocycles. The largest absolute Gasteiger partial charge is 0.0836 e. The highest BCUT2D eigenvalue weighted by atomic mass is 35.5. The molecule has 2 rings (SSSR count). The molecular formula is C21H21Cl. The second kappa shape index (κ2) is 6.86.